The molecule has 3 rings (SSSR count). The molecule has 1 amide bonds. The van der Waals surface area contributed by atoms with Gasteiger partial charge in [-0.25, -0.2) is 4.98 Å². The zero-order valence-electron chi connectivity index (χ0n) is 13.3. The molecule has 1 saturated heterocycles. The van der Waals surface area contributed by atoms with Gasteiger partial charge in [-0.05, 0) is 18.6 Å². The molecule has 0 saturated carbocycles. The van der Waals surface area contributed by atoms with Crippen LogP contribution in [0.1, 0.15) is 32.1 Å². The summed E-state index contributed by atoms with van der Waals surface area (Å²) in [6.07, 6.45) is 1.64. The van der Waals surface area contributed by atoms with E-state index in [2.05, 4.69) is 24.5 Å². The van der Waals surface area contributed by atoms with Gasteiger partial charge in [-0.1, -0.05) is 26.0 Å². The Morgan fingerprint density at radius 2 is 2.00 bits per heavy atom. The van der Waals surface area contributed by atoms with Gasteiger partial charge in [0.15, 0.2) is 0 Å². The Kier molecular flexibility index (Phi) is 4.71. The Hall–Kier alpha value is -1.49. The fourth-order valence-electron chi connectivity index (χ4n) is 3.15. The Morgan fingerprint density at radius 1 is 1.27 bits per heavy atom. The Balaban J connectivity index is 2.00. The van der Waals surface area contributed by atoms with E-state index in [9.17, 15) is 4.79 Å². The Labute approximate surface area is 135 Å². The maximum absolute atomic E-state index is 13.0. The second-order valence-electron chi connectivity index (χ2n) is 5.60. The lowest BCUT2D eigenvalue weighted by molar-refractivity contribution is -0.134. The minimum Gasteiger partial charge on any atom is -0.339 e. The van der Waals surface area contributed by atoms with Crippen molar-refractivity contribution in [3.8, 4) is 0 Å². The Bertz CT molecular complexity index is 661. The van der Waals surface area contributed by atoms with Crippen molar-refractivity contribution in [2.45, 2.75) is 32.7 Å². The van der Waals surface area contributed by atoms with Crippen molar-refractivity contribution in [1.29, 1.82) is 0 Å². The number of imidazole rings is 1. The fraction of sp³-hybridized carbons (Fsp3) is 0.529. The van der Waals surface area contributed by atoms with Crippen LogP contribution in [0.3, 0.4) is 0 Å². The SMILES string of the molecule is CCc1nc2ccccc2n1[C@@H](CC)C(=O)N1CCSCC1. The molecule has 2 aromatic rings. The smallest absolute Gasteiger partial charge is 0.245 e. The maximum atomic E-state index is 13.0. The van der Waals surface area contributed by atoms with Crippen LogP contribution in [-0.2, 0) is 11.2 Å². The average Bonchev–Trinajstić information content (AvgIpc) is 2.95. The number of carbonyl (C=O) groups excluding carboxylic acids is 1. The number of hydrogen-bond acceptors (Lipinski definition) is 3. The number of carbonyl (C=O) groups is 1. The van der Waals surface area contributed by atoms with Crippen molar-refractivity contribution in [1.82, 2.24) is 14.5 Å². The van der Waals surface area contributed by atoms with Crippen molar-refractivity contribution >= 4 is 28.7 Å². The predicted molar refractivity (Wildman–Crippen MR) is 92.3 cm³/mol. The molecule has 1 aliphatic rings. The zero-order valence-corrected chi connectivity index (χ0v) is 14.1. The number of thioether (sulfide) groups is 1. The van der Waals surface area contributed by atoms with Crippen LogP contribution in [0.4, 0.5) is 0 Å². The second-order valence-corrected chi connectivity index (χ2v) is 6.83. The maximum Gasteiger partial charge on any atom is 0.245 e. The van der Waals surface area contributed by atoms with Gasteiger partial charge in [0.05, 0.1) is 11.0 Å². The lowest BCUT2D eigenvalue weighted by Gasteiger charge is -2.31. The van der Waals surface area contributed by atoms with Crippen LogP contribution in [0.5, 0.6) is 0 Å². The van der Waals surface area contributed by atoms with Gasteiger partial charge in [0.25, 0.3) is 0 Å². The number of fused-ring (bicyclic) bond motifs is 1. The third-order valence-electron chi connectivity index (χ3n) is 4.29. The lowest BCUT2D eigenvalue weighted by Crippen LogP contribution is -2.42. The molecule has 1 aromatic heterocycles. The molecule has 2 heterocycles. The summed E-state index contributed by atoms with van der Waals surface area (Å²) in [7, 11) is 0. The summed E-state index contributed by atoms with van der Waals surface area (Å²) < 4.78 is 2.17. The van der Waals surface area contributed by atoms with Gasteiger partial charge in [0, 0.05) is 31.0 Å². The van der Waals surface area contributed by atoms with Gasteiger partial charge in [0.1, 0.15) is 11.9 Å². The molecule has 1 aliphatic heterocycles. The number of amides is 1. The highest BCUT2D eigenvalue weighted by Crippen LogP contribution is 2.26. The highest BCUT2D eigenvalue weighted by Gasteiger charge is 2.28. The molecule has 4 nitrogen and oxygen atoms in total. The van der Waals surface area contributed by atoms with E-state index in [1.807, 2.05) is 34.9 Å². The highest BCUT2D eigenvalue weighted by atomic mass is 32.2. The van der Waals surface area contributed by atoms with Crippen LogP contribution >= 0.6 is 11.8 Å². The Morgan fingerprint density at radius 3 is 2.68 bits per heavy atom. The van der Waals surface area contributed by atoms with Gasteiger partial charge in [0.2, 0.25) is 5.91 Å². The number of aryl methyl sites for hydroxylation is 1. The first kappa shape index (κ1) is 15.4. The van der Waals surface area contributed by atoms with Crippen molar-refractivity contribution < 1.29 is 4.79 Å². The number of aromatic nitrogens is 2. The average molecular weight is 317 g/mol. The number of para-hydroxylation sites is 2. The topological polar surface area (TPSA) is 38.1 Å². The molecule has 0 aliphatic carbocycles. The van der Waals surface area contributed by atoms with E-state index in [0.717, 1.165) is 54.3 Å². The number of rotatable bonds is 4. The molecule has 0 spiro atoms. The zero-order chi connectivity index (χ0) is 15.5. The fourth-order valence-corrected chi connectivity index (χ4v) is 4.06. The van der Waals surface area contributed by atoms with E-state index in [1.54, 1.807) is 0 Å². The third-order valence-corrected chi connectivity index (χ3v) is 5.23. The second kappa shape index (κ2) is 6.73. The minimum atomic E-state index is -0.134. The first-order valence-electron chi connectivity index (χ1n) is 8.08. The van der Waals surface area contributed by atoms with Crippen LogP contribution in [0.25, 0.3) is 11.0 Å². The van der Waals surface area contributed by atoms with E-state index in [-0.39, 0.29) is 11.9 Å². The molecule has 0 radical (unpaired) electrons. The molecule has 0 unspecified atom stereocenters. The number of benzene rings is 1. The number of nitrogens with zero attached hydrogens (tertiary/aromatic N) is 3. The summed E-state index contributed by atoms with van der Waals surface area (Å²) in [6, 6.07) is 7.99. The summed E-state index contributed by atoms with van der Waals surface area (Å²) in [4.78, 5) is 19.7. The normalized spacial score (nSPS) is 16.9. The summed E-state index contributed by atoms with van der Waals surface area (Å²) in [6.45, 7) is 5.93. The monoisotopic (exact) mass is 317 g/mol. The molecule has 0 N–H and O–H groups in total. The summed E-state index contributed by atoms with van der Waals surface area (Å²) >= 11 is 1.93. The molecular weight excluding hydrogens is 294 g/mol. The van der Waals surface area contributed by atoms with E-state index in [1.165, 1.54) is 0 Å². The van der Waals surface area contributed by atoms with Gasteiger partial charge in [-0.2, -0.15) is 11.8 Å². The van der Waals surface area contributed by atoms with Crippen molar-refractivity contribution in [3.63, 3.8) is 0 Å². The molecule has 1 aromatic carbocycles. The standard InChI is InChI=1S/C17H23N3OS/c1-3-14(17(21)19-9-11-22-12-10-19)20-15-8-6-5-7-13(15)18-16(20)4-2/h5-8,14H,3-4,9-12H2,1-2H3/t14-/m0/s1. The molecule has 1 atom stereocenters. The van der Waals surface area contributed by atoms with E-state index < -0.39 is 0 Å². The third kappa shape index (κ3) is 2.74. The van der Waals surface area contributed by atoms with Crippen molar-refractivity contribution in [2.75, 3.05) is 24.6 Å². The van der Waals surface area contributed by atoms with Crippen LogP contribution in [0.15, 0.2) is 24.3 Å². The predicted octanol–water partition coefficient (Wildman–Crippen LogP) is 3.13. The molecule has 118 valence electrons. The first-order chi connectivity index (χ1) is 10.8. The summed E-state index contributed by atoms with van der Waals surface area (Å²) in [5, 5.41) is 0. The largest absolute Gasteiger partial charge is 0.339 e. The molecule has 5 heteroatoms. The molecular formula is C17H23N3OS. The minimum absolute atomic E-state index is 0.134. The molecule has 22 heavy (non-hydrogen) atoms. The quantitative estimate of drug-likeness (QED) is 0.869. The van der Waals surface area contributed by atoms with Crippen LogP contribution in [0.2, 0.25) is 0 Å². The summed E-state index contributed by atoms with van der Waals surface area (Å²) in [5.41, 5.74) is 2.06. The lowest BCUT2D eigenvalue weighted by atomic mass is 10.1. The first-order valence-corrected chi connectivity index (χ1v) is 9.24. The van der Waals surface area contributed by atoms with Gasteiger partial charge in [-0.3, -0.25) is 4.79 Å². The van der Waals surface area contributed by atoms with Gasteiger partial charge < -0.3 is 9.47 Å². The van der Waals surface area contributed by atoms with E-state index in [0.29, 0.717) is 0 Å². The van der Waals surface area contributed by atoms with E-state index >= 15 is 0 Å². The van der Waals surface area contributed by atoms with Gasteiger partial charge in [-0.15, -0.1) is 0 Å². The molecule has 0 bridgehead atoms. The molecule has 1 fully saturated rings. The van der Waals surface area contributed by atoms with Crippen molar-refractivity contribution in [2.24, 2.45) is 0 Å². The van der Waals surface area contributed by atoms with E-state index in [4.69, 9.17) is 4.98 Å². The van der Waals surface area contributed by atoms with Crippen LogP contribution < -0.4 is 0 Å². The summed E-state index contributed by atoms with van der Waals surface area (Å²) in [5.74, 6) is 3.36. The van der Waals surface area contributed by atoms with Gasteiger partial charge >= 0.3 is 0 Å². The van der Waals surface area contributed by atoms with Crippen molar-refractivity contribution in [3.05, 3.63) is 30.1 Å². The highest BCUT2D eigenvalue weighted by molar-refractivity contribution is 7.99. The van der Waals surface area contributed by atoms with Crippen LogP contribution in [-0.4, -0.2) is 45.0 Å². The van der Waals surface area contributed by atoms with Crippen LogP contribution in [0, 0.1) is 0 Å². The number of hydrogen-bond donors (Lipinski definition) is 0.